The van der Waals surface area contributed by atoms with Crippen molar-refractivity contribution < 1.29 is 14.0 Å². The van der Waals surface area contributed by atoms with Gasteiger partial charge >= 0.3 is 0 Å². The second-order valence-corrected chi connectivity index (χ2v) is 5.11. The Bertz CT molecular complexity index is 873. The molecule has 0 bridgehead atoms. The summed E-state index contributed by atoms with van der Waals surface area (Å²) in [6, 6.07) is 16.4. The lowest BCUT2D eigenvalue weighted by Gasteiger charge is -2.06. The van der Waals surface area contributed by atoms with Crippen LogP contribution in [-0.2, 0) is 4.79 Å². The van der Waals surface area contributed by atoms with Gasteiger partial charge in [0.15, 0.2) is 5.78 Å². The number of para-hydroxylation sites is 2. The summed E-state index contributed by atoms with van der Waals surface area (Å²) >= 11 is 0. The highest BCUT2D eigenvalue weighted by Gasteiger charge is 2.08. The molecule has 0 spiro atoms. The predicted octanol–water partition coefficient (Wildman–Crippen LogP) is 4.29. The van der Waals surface area contributed by atoms with Crippen LogP contribution in [0.4, 0.5) is 5.69 Å². The molecule has 0 fully saturated rings. The maximum absolute atomic E-state index is 12.0. The molecule has 3 rings (SSSR count). The van der Waals surface area contributed by atoms with E-state index in [0.29, 0.717) is 17.0 Å². The lowest BCUT2D eigenvalue weighted by molar-refractivity contribution is -0.111. The minimum atomic E-state index is -0.320. The molecule has 114 valence electrons. The number of hydrogen-bond acceptors (Lipinski definition) is 3. The minimum Gasteiger partial charge on any atom is -0.457 e. The number of fused-ring (bicyclic) bond motifs is 1. The van der Waals surface area contributed by atoms with Gasteiger partial charge in [0.2, 0.25) is 5.91 Å². The van der Waals surface area contributed by atoms with E-state index in [-0.39, 0.29) is 11.7 Å². The topological polar surface area (TPSA) is 59.3 Å². The fourth-order valence-corrected chi connectivity index (χ4v) is 2.32. The van der Waals surface area contributed by atoms with Gasteiger partial charge in [0.25, 0.3) is 0 Å². The number of amides is 1. The van der Waals surface area contributed by atoms with E-state index in [0.717, 1.165) is 11.0 Å². The molecule has 1 amide bonds. The number of carbonyl (C=O) groups is 2. The molecule has 4 nitrogen and oxygen atoms in total. The van der Waals surface area contributed by atoms with Crippen molar-refractivity contribution in [1.29, 1.82) is 0 Å². The molecule has 0 aliphatic heterocycles. The summed E-state index contributed by atoms with van der Waals surface area (Å²) in [7, 11) is 0. The zero-order valence-electron chi connectivity index (χ0n) is 12.6. The standard InChI is InChI=1S/C19H15NO3/c1-13(21)16-7-3-4-8-17(16)20-19(22)11-10-15-12-14-6-2-5-9-18(14)23-15/h2-12H,1H3,(H,20,22)/b11-10+. The first-order valence-corrected chi connectivity index (χ1v) is 7.21. The van der Waals surface area contributed by atoms with Gasteiger partial charge in [-0.25, -0.2) is 0 Å². The number of furan rings is 1. The summed E-state index contributed by atoms with van der Waals surface area (Å²) in [5, 5.41) is 3.69. The third-order valence-corrected chi connectivity index (χ3v) is 3.41. The van der Waals surface area contributed by atoms with Crippen molar-refractivity contribution in [2.75, 3.05) is 5.32 Å². The van der Waals surface area contributed by atoms with Crippen LogP contribution in [0.15, 0.2) is 65.1 Å². The first kappa shape index (κ1) is 14.8. The maximum Gasteiger partial charge on any atom is 0.248 e. The number of Topliss-reactive ketones (excluding diaryl/α,β-unsaturated/α-hetero) is 1. The summed E-state index contributed by atoms with van der Waals surface area (Å²) in [6.07, 6.45) is 2.99. The number of rotatable bonds is 4. The molecular weight excluding hydrogens is 290 g/mol. The van der Waals surface area contributed by atoms with Gasteiger partial charge in [-0.15, -0.1) is 0 Å². The van der Waals surface area contributed by atoms with Crippen LogP contribution in [0.25, 0.3) is 17.0 Å². The van der Waals surface area contributed by atoms with E-state index >= 15 is 0 Å². The average molecular weight is 305 g/mol. The minimum absolute atomic E-state index is 0.0952. The summed E-state index contributed by atoms with van der Waals surface area (Å²) in [5.74, 6) is 0.183. The Kier molecular flexibility index (Phi) is 4.06. The second kappa shape index (κ2) is 6.32. The van der Waals surface area contributed by atoms with Crippen LogP contribution in [-0.4, -0.2) is 11.7 Å². The Balaban J connectivity index is 1.75. The van der Waals surface area contributed by atoms with Crippen LogP contribution in [0.3, 0.4) is 0 Å². The van der Waals surface area contributed by atoms with Gasteiger partial charge in [0.05, 0.1) is 5.69 Å². The van der Waals surface area contributed by atoms with Crippen molar-refractivity contribution in [2.24, 2.45) is 0 Å². The summed E-state index contributed by atoms with van der Waals surface area (Å²) in [6.45, 7) is 1.47. The van der Waals surface area contributed by atoms with Crippen LogP contribution in [0.5, 0.6) is 0 Å². The zero-order chi connectivity index (χ0) is 16.2. The molecule has 1 aromatic heterocycles. The Morgan fingerprint density at radius 2 is 1.78 bits per heavy atom. The van der Waals surface area contributed by atoms with Crippen molar-refractivity contribution in [3.63, 3.8) is 0 Å². The third kappa shape index (κ3) is 3.37. The van der Waals surface area contributed by atoms with E-state index in [4.69, 9.17) is 4.42 Å². The monoisotopic (exact) mass is 305 g/mol. The predicted molar refractivity (Wildman–Crippen MR) is 90.3 cm³/mol. The molecule has 1 heterocycles. The fourth-order valence-electron chi connectivity index (χ4n) is 2.32. The normalized spacial score (nSPS) is 11.0. The molecule has 0 saturated heterocycles. The first-order valence-electron chi connectivity index (χ1n) is 7.21. The largest absolute Gasteiger partial charge is 0.457 e. The van der Waals surface area contributed by atoms with Gasteiger partial charge in [-0.1, -0.05) is 30.3 Å². The Morgan fingerprint density at radius 3 is 2.57 bits per heavy atom. The number of benzene rings is 2. The molecule has 23 heavy (non-hydrogen) atoms. The fraction of sp³-hybridized carbons (Fsp3) is 0.0526. The van der Waals surface area contributed by atoms with Crippen LogP contribution in [0.2, 0.25) is 0 Å². The van der Waals surface area contributed by atoms with Crippen LogP contribution >= 0.6 is 0 Å². The second-order valence-electron chi connectivity index (χ2n) is 5.11. The molecule has 0 aliphatic rings. The highest BCUT2D eigenvalue weighted by Crippen LogP contribution is 2.20. The van der Waals surface area contributed by atoms with Gasteiger partial charge in [-0.3, -0.25) is 9.59 Å². The van der Waals surface area contributed by atoms with Gasteiger partial charge < -0.3 is 9.73 Å². The lowest BCUT2D eigenvalue weighted by Crippen LogP contribution is -2.11. The average Bonchev–Trinajstić information content (AvgIpc) is 2.96. The van der Waals surface area contributed by atoms with Crippen LogP contribution < -0.4 is 5.32 Å². The number of anilines is 1. The molecule has 1 N–H and O–H groups in total. The molecule has 0 saturated carbocycles. The van der Waals surface area contributed by atoms with Crippen molar-refractivity contribution in [1.82, 2.24) is 0 Å². The molecule has 0 aliphatic carbocycles. The maximum atomic E-state index is 12.0. The van der Waals surface area contributed by atoms with Crippen molar-refractivity contribution >= 4 is 34.4 Å². The number of nitrogens with one attached hydrogen (secondary N) is 1. The number of ketones is 1. The number of hydrogen-bond donors (Lipinski definition) is 1. The Hall–Kier alpha value is -3.14. The van der Waals surface area contributed by atoms with Crippen molar-refractivity contribution in [3.8, 4) is 0 Å². The molecular formula is C19H15NO3. The van der Waals surface area contributed by atoms with Gasteiger partial charge in [0.1, 0.15) is 11.3 Å². The Morgan fingerprint density at radius 1 is 1.04 bits per heavy atom. The van der Waals surface area contributed by atoms with Gasteiger partial charge in [0, 0.05) is 17.0 Å². The lowest BCUT2D eigenvalue weighted by atomic mass is 10.1. The smallest absolute Gasteiger partial charge is 0.248 e. The summed E-state index contributed by atoms with van der Waals surface area (Å²) < 4.78 is 5.61. The first-order chi connectivity index (χ1) is 11.1. The van der Waals surface area contributed by atoms with E-state index in [2.05, 4.69) is 5.32 Å². The van der Waals surface area contributed by atoms with Crippen LogP contribution in [0.1, 0.15) is 23.0 Å². The third-order valence-electron chi connectivity index (χ3n) is 3.41. The SMILES string of the molecule is CC(=O)c1ccccc1NC(=O)/C=C/c1cc2ccccc2o1. The molecule has 0 unspecified atom stereocenters. The Labute approximate surface area is 133 Å². The summed E-state index contributed by atoms with van der Waals surface area (Å²) in [5.41, 5.74) is 1.76. The van der Waals surface area contributed by atoms with E-state index in [1.165, 1.54) is 13.0 Å². The molecule has 0 atom stereocenters. The van der Waals surface area contributed by atoms with Crippen molar-refractivity contribution in [3.05, 3.63) is 72.0 Å². The molecule has 2 aromatic carbocycles. The molecule has 0 radical (unpaired) electrons. The van der Waals surface area contributed by atoms with E-state index in [1.54, 1.807) is 30.3 Å². The highest BCUT2D eigenvalue weighted by molar-refractivity contribution is 6.07. The summed E-state index contributed by atoms with van der Waals surface area (Å²) in [4.78, 5) is 23.6. The zero-order valence-corrected chi connectivity index (χ0v) is 12.6. The van der Waals surface area contributed by atoms with Gasteiger partial charge in [-0.2, -0.15) is 0 Å². The number of carbonyl (C=O) groups excluding carboxylic acids is 2. The highest BCUT2D eigenvalue weighted by atomic mass is 16.3. The van der Waals surface area contributed by atoms with E-state index < -0.39 is 0 Å². The van der Waals surface area contributed by atoms with Crippen molar-refractivity contribution in [2.45, 2.75) is 6.92 Å². The molecule has 3 aromatic rings. The van der Waals surface area contributed by atoms with Crippen LogP contribution in [0, 0.1) is 0 Å². The molecule has 4 heteroatoms. The van der Waals surface area contributed by atoms with E-state index in [9.17, 15) is 9.59 Å². The quantitative estimate of drug-likeness (QED) is 0.578. The van der Waals surface area contributed by atoms with E-state index in [1.807, 2.05) is 30.3 Å². The van der Waals surface area contributed by atoms with Gasteiger partial charge in [-0.05, 0) is 37.3 Å².